The highest BCUT2D eigenvalue weighted by Gasteiger charge is 2.62. The SMILES string of the molecule is CC(C)(C)OC(=O)N[C@H]1CCCCC/C=C\[C@@H]2C[C@@]2(C(=O)NS(=O)(=O)C2CC2)NC(=O)[C@@H]2C[C@@H](O)CC2C1=O. The Morgan fingerprint density at radius 3 is 2.44 bits per heavy atom. The Bertz CT molecular complexity index is 1130. The molecule has 0 spiro atoms. The molecule has 0 bridgehead atoms. The van der Waals surface area contributed by atoms with Crippen molar-refractivity contribution in [3.63, 3.8) is 0 Å². The molecular weight excluding hydrogens is 526 g/mol. The van der Waals surface area contributed by atoms with Crippen molar-refractivity contribution >= 4 is 33.7 Å². The lowest BCUT2D eigenvalue weighted by atomic mass is 9.86. The van der Waals surface area contributed by atoms with Crippen LogP contribution in [0.1, 0.15) is 85.0 Å². The first-order valence-corrected chi connectivity index (χ1v) is 15.5. The molecule has 12 heteroatoms. The van der Waals surface area contributed by atoms with E-state index in [1.807, 2.05) is 12.2 Å². The molecule has 0 radical (unpaired) electrons. The second-order valence-corrected chi connectivity index (χ2v) is 14.4. The lowest BCUT2D eigenvalue weighted by Crippen LogP contribution is -2.54. The molecule has 218 valence electrons. The number of amides is 3. The van der Waals surface area contributed by atoms with Gasteiger partial charge in [-0.15, -0.1) is 0 Å². The quantitative estimate of drug-likeness (QED) is 0.373. The Morgan fingerprint density at radius 1 is 1.08 bits per heavy atom. The van der Waals surface area contributed by atoms with E-state index in [1.165, 1.54) is 0 Å². The molecule has 4 N–H and O–H groups in total. The highest BCUT2D eigenvalue weighted by Crippen LogP contribution is 2.47. The number of ether oxygens (including phenoxy) is 1. The van der Waals surface area contributed by atoms with Crippen LogP contribution in [0.5, 0.6) is 0 Å². The zero-order valence-electron chi connectivity index (χ0n) is 22.9. The molecule has 3 aliphatic carbocycles. The fraction of sp³-hybridized carbons (Fsp3) is 0.778. The van der Waals surface area contributed by atoms with E-state index in [-0.39, 0.29) is 31.0 Å². The number of ketones is 1. The van der Waals surface area contributed by atoms with Crippen LogP contribution in [-0.4, -0.2) is 65.8 Å². The van der Waals surface area contributed by atoms with Gasteiger partial charge in [-0.1, -0.05) is 25.0 Å². The molecule has 1 aliphatic heterocycles. The summed E-state index contributed by atoms with van der Waals surface area (Å²) in [5, 5.41) is 15.3. The number of Topliss-reactive ketones (excluding diaryl/α,β-unsaturated/α-hetero) is 1. The summed E-state index contributed by atoms with van der Waals surface area (Å²) in [6, 6.07) is -0.888. The summed E-state index contributed by atoms with van der Waals surface area (Å²) in [6.07, 6.45) is 6.86. The summed E-state index contributed by atoms with van der Waals surface area (Å²) in [4.78, 5) is 53.0. The molecule has 0 aromatic carbocycles. The molecule has 1 heterocycles. The Morgan fingerprint density at radius 2 is 1.77 bits per heavy atom. The van der Waals surface area contributed by atoms with Crippen LogP contribution < -0.4 is 15.4 Å². The van der Waals surface area contributed by atoms with E-state index in [9.17, 15) is 32.7 Å². The maximum Gasteiger partial charge on any atom is 0.408 e. The molecule has 6 atom stereocenters. The number of hydrogen-bond acceptors (Lipinski definition) is 8. The zero-order chi connectivity index (χ0) is 28.6. The van der Waals surface area contributed by atoms with E-state index in [4.69, 9.17) is 4.74 Å². The number of fused-ring (bicyclic) bond motifs is 2. The van der Waals surface area contributed by atoms with Crippen LogP contribution in [-0.2, 0) is 29.1 Å². The first-order valence-electron chi connectivity index (χ1n) is 14.0. The lowest BCUT2D eigenvalue weighted by molar-refractivity contribution is -0.136. The smallest absolute Gasteiger partial charge is 0.408 e. The average molecular weight is 568 g/mol. The highest BCUT2D eigenvalue weighted by atomic mass is 32.2. The van der Waals surface area contributed by atoms with Gasteiger partial charge in [-0.2, -0.15) is 0 Å². The van der Waals surface area contributed by atoms with Crippen molar-refractivity contribution in [2.24, 2.45) is 17.8 Å². The van der Waals surface area contributed by atoms with Gasteiger partial charge in [0.15, 0.2) is 5.78 Å². The number of aliphatic hydroxyl groups excluding tert-OH is 1. The first-order chi connectivity index (χ1) is 18.2. The van der Waals surface area contributed by atoms with Gasteiger partial charge in [0.1, 0.15) is 11.1 Å². The number of rotatable bonds is 4. The van der Waals surface area contributed by atoms with Crippen molar-refractivity contribution in [1.82, 2.24) is 15.4 Å². The van der Waals surface area contributed by atoms with Gasteiger partial charge in [-0.3, -0.25) is 19.1 Å². The van der Waals surface area contributed by atoms with Gasteiger partial charge in [0, 0.05) is 11.8 Å². The van der Waals surface area contributed by atoms with E-state index in [2.05, 4.69) is 15.4 Å². The number of allylic oxidation sites excluding steroid dienone is 1. The van der Waals surface area contributed by atoms with E-state index < -0.39 is 68.3 Å². The Balaban J connectivity index is 1.57. The van der Waals surface area contributed by atoms with Gasteiger partial charge >= 0.3 is 6.09 Å². The monoisotopic (exact) mass is 567 g/mol. The third-order valence-electron chi connectivity index (χ3n) is 7.97. The van der Waals surface area contributed by atoms with Gasteiger partial charge < -0.3 is 20.5 Å². The lowest BCUT2D eigenvalue weighted by Gasteiger charge is -2.27. The van der Waals surface area contributed by atoms with Gasteiger partial charge in [0.05, 0.1) is 23.3 Å². The topological polar surface area (TPSA) is 168 Å². The molecule has 0 aromatic rings. The fourth-order valence-electron chi connectivity index (χ4n) is 5.63. The predicted octanol–water partition coefficient (Wildman–Crippen LogP) is 1.84. The molecule has 11 nitrogen and oxygen atoms in total. The van der Waals surface area contributed by atoms with Crippen molar-refractivity contribution in [3.05, 3.63) is 12.2 Å². The molecule has 3 saturated carbocycles. The number of alkyl carbamates (subject to hydrolysis) is 1. The number of carbonyl (C=O) groups excluding carboxylic acids is 4. The minimum Gasteiger partial charge on any atom is -0.444 e. The van der Waals surface area contributed by atoms with Gasteiger partial charge in [0.2, 0.25) is 15.9 Å². The highest BCUT2D eigenvalue weighted by molar-refractivity contribution is 7.91. The average Bonchev–Trinajstić information content (AvgIpc) is 3.73. The van der Waals surface area contributed by atoms with Crippen molar-refractivity contribution in [1.29, 1.82) is 0 Å². The van der Waals surface area contributed by atoms with E-state index in [0.29, 0.717) is 25.7 Å². The molecule has 3 fully saturated rings. The molecule has 0 aromatic heterocycles. The minimum absolute atomic E-state index is 0.0278. The third-order valence-corrected chi connectivity index (χ3v) is 9.79. The van der Waals surface area contributed by atoms with Crippen LogP contribution in [0, 0.1) is 17.8 Å². The van der Waals surface area contributed by atoms with Crippen molar-refractivity contribution in [2.75, 3.05) is 0 Å². The fourth-order valence-corrected chi connectivity index (χ4v) is 7.00. The molecule has 39 heavy (non-hydrogen) atoms. The Kier molecular flexibility index (Phi) is 8.47. The predicted molar refractivity (Wildman–Crippen MR) is 142 cm³/mol. The molecular formula is C27H41N3O8S. The van der Waals surface area contributed by atoms with Crippen LogP contribution in [0.15, 0.2) is 12.2 Å². The largest absolute Gasteiger partial charge is 0.444 e. The molecule has 4 aliphatic rings. The minimum atomic E-state index is -3.82. The normalized spacial score (nSPS) is 34.8. The number of sulfonamides is 1. The molecule has 4 rings (SSSR count). The van der Waals surface area contributed by atoms with Gasteiger partial charge in [-0.05, 0) is 72.1 Å². The van der Waals surface area contributed by atoms with E-state index in [1.54, 1.807) is 20.8 Å². The first kappa shape index (κ1) is 29.5. The molecule has 1 unspecified atom stereocenters. The van der Waals surface area contributed by atoms with Crippen molar-refractivity contribution in [2.45, 2.75) is 114 Å². The third kappa shape index (κ3) is 7.19. The summed E-state index contributed by atoms with van der Waals surface area (Å²) in [6.45, 7) is 5.16. The standard InChI is InChI=1S/C27H41N3O8S/c1-26(2,3)38-25(35)28-21-10-8-6-4-5-7-9-16-15-27(16,24(34)30-39(36,37)18-11-12-18)29-23(33)20-14-17(31)13-19(20)22(21)32/h7,9,16-21,31H,4-6,8,10-15H2,1-3H3,(H,28,35)(H,29,33)(H,30,34)/b9-7-/t16-,17+,19?,20-,21+,27-/m1/s1. The van der Waals surface area contributed by atoms with Crippen molar-refractivity contribution < 1.29 is 37.4 Å². The summed E-state index contributed by atoms with van der Waals surface area (Å²) in [5.74, 6) is -3.86. The molecule has 3 amide bonds. The second-order valence-electron chi connectivity index (χ2n) is 12.5. The summed E-state index contributed by atoms with van der Waals surface area (Å²) >= 11 is 0. The van der Waals surface area contributed by atoms with Crippen molar-refractivity contribution in [3.8, 4) is 0 Å². The van der Waals surface area contributed by atoms with Crippen LogP contribution in [0.3, 0.4) is 0 Å². The Labute approximate surface area is 229 Å². The maximum absolute atomic E-state index is 13.7. The summed E-state index contributed by atoms with van der Waals surface area (Å²) in [7, 11) is -3.82. The molecule has 0 saturated heterocycles. The number of hydrogen-bond donors (Lipinski definition) is 4. The number of nitrogens with one attached hydrogen (secondary N) is 3. The summed E-state index contributed by atoms with van der Waals surface area (Å²) in [5.41, 5.74) is -2.18. The Hall–Kier alpha value is -2.47. The van der Waals surface area contributed by atoms with Crippen LogP contribution in [0.25, 0.3) is 0 Å². The number of carbonyl (C=O) groups is 4. The maximum atomic E-state index is 13.7. The van der Waals surface area contributed by atoms with Crippen LogP contribution in [0.4, 0.5) is 4.79 Å². The summed E-state index contributed by atoms with van der Waals surface area (Å²) < 4.78 is 32.5. The van der Waals surface area contributed by atoms with E-state index >= 15 is 0 Å². The van der Waals surface area contributed by atoms with Crippen LogP contribution >= 0.6 is 0 Å². The van der Waals surface area contributed by atoms with Gasteiger partial charge in [0.25, 0.3) is 5.91 Å². The number of aliphatic hydroxyl groups is 1. The van der Waals surface area contributed by atoms with E-state index in [0.717, 1.165) is 19.3 Å². The van der Waals surface area contributed by atoms with Gasteiger partial charge in [-0.25, -0.2) is 13.2 Å². The van der Waals surface area contributed by atoms with Crippen LogP contribution in [0.2, 0.25) is 0 Å². The zero-order valence-corrected chi connectivity index (χ0v) is 23.7. The second kappa shape index (κ2) is 11.2.